The van der Waals surface area contributed by atoms with Gasteiger partial charge in [0.1, 0.15) is 33.0 Å². The van der Waals surface area contributed by atoms with E-state index in [0.29, 0.717) is 22.5 Å². The molecule has 58 heavy (non-hydrogen) atoms. The lowest BCUT2D eigenvalue weighted by Gasteiger charge is -2.14. The van der Waals surface area contributed by atoms with Gasteiger partial charge in [-0.1, -0.05) is 24.3 Å². The van der Waals surface area contributed by atoms with Crippen molar-refractivity contribution in [3.8, 4) is 44.1 Å². The summed E-state index contributed by atoms with van der Waals surface area (Å²) in [6.45, 7) is 0. The summed E-state index contributed by atoms with van der Waals surface area (Å²) in [5.74, 6) is 3.47. The van der Waals surface area contributed by atoms with Crippen molar-refractivity contribution in [2.45, 2.75) is 0 Å². The minimum absolute atomic E-state index is 0.458. The Labute approximate surface area is 354 Å². The summed E-state index contributed by atoms with van der Waals surface area (Å²) in [6, 6.07) is 30.7. The zero-order chi connectivity index (χ0) is 40.9. The van der Waals surface area contributed by atoms with Crippen molar-refractivity contribution in [2.75, 3.05) is 56.0 Å². The van der Waals surface area contributed by atoms with E-state index in [2.05, 4.69) is 48.5 Å². The number of nitrogen functional groups attached to an aromatic ring is 1. The average Bonchev–Trinajstić information content (AvgIpc) is 3.90. The van der Waals surface area contributed by atoms with Gasteiger partial charge in [0.25, 0.3) is 0 Å². The molecule has 8 aromatic rings. The molecule has 4 heterocycles. The zero-order valence-electron chi connectivity index (χ0n) is 31.9. The van der Waals surface area contributed by atoms with Crippen LogP contribution in [0.5, 0.6) is 23.0 Å². The van der Waals surface area contributed by atoms with Crippen LogP contribution in [0.4, 0.5) is 22.7 Å². The molecule has 0 atom stereocenters. The van der Waals surface area contributed by atoms with Crippen LogP contribution in [0.15, 0.2) is 122 Å². The molecule has 16 heteroatoms. The molecule has 0 saturated heterocycles. The van der Waals surface area contributed by atoms with Gasteiger partial charge in [0.05, 0.1) is 66.1 Å². The standard InChI is InChI=1S/C21H18N4O2S2.C12H9N3S.C9H13NO2S/c1-26-15-6-7-16(18(11-15)27-2)25-21(28)23-14-5-3-4-13(10-14)20-24-17-8-9-22-12-19(17)29-20;13-9-3-1-2-8(6-9)12-15-10-4-5-14-7-11(10)16-12;1-11-7-3-4-8(10-6-13)9(5-7)12-2/h3-12H,1-2H3,(H2,23,25,28);1-7H,13H2;3-5,10,13H,6H2,1-2H3. The molecule has 0 spiro atoms. The van der Waals surface area contributed by atoms with Gasteiger partial charge < -0.3 is 40.6 Å². The van der Waals surface area contributed by atoms with E-state index in [4.69, 9.17) is 36.9 Å². The maximum absolute atomic E-state index is 5.75. The van der Waals surface area contributed by atoms with Gasteiger partial charge in [-0.25, -0.2) is 9.97 Å². The highest BCUT2D eigenvalue weighted by molar-refractivity contribution is 7.80. The topological polar surface area (TPSA) is 151 Å². The van der Waals surface area contributed by atoms with Gasteiger partial charge in [0, 0.05) is 59.4 Å². The summed E-state index contributed by atoms with van der Waals surface area (Å²) < 4.78 is 23.0. The Balaban J connectivity index is 0.000000164. The van der Waals surface area contributed by atoms with Crippen LogP contribution < -0.4 is 40.6 Å². The predicted molar refractivity (Wildman–Crippen MR) is 247 cm³/mol. The molecule has 12 nitrogen and oxygen atoms in total. The number of methoxy groups -OCH3 is 4. The zero-order valence-corrected chi connectivity index (χ0v) is 35.3. The van der Waals surface area contributed by atoms with Crippen molar-refractivity contribution in [1.82, 2.24) is 19.9 Å². The van der Waals surface area contributed by atoms with Gasteiger partial charge in [0.2, 0.25) is 0 Å². The number of thiocarbonyl (C=S) groups is 1. The Morgan fingerprint density at radius 1 is 0.655 bits per heavy atom. The first-order chi connectivity index (χ1) is 28.3. The van der Waals surface area contributed by atoms with Crippen LogP contribution in [-0.2, 0) is 0 Å². The smallest absolute Gasteiger partial charge is 0.175 e. The highest BCUT2D eigenvalue weighted by Gasteiger charge is 2.10. The second-order valence-electron chi connectivity index (χ2n) is 12.0. The number of nitrogens with zero attached hydrogens (tertiary/aromatic N) is 4. The molecule has 0 bridgehead atoms. The maximum atomic E-state index is 5.75. The normalized spacial score (nSPS) is 10.4. The number of ether oxygens (including phenoxy) is 4. The lowest BCUT2D eigenvalue weighted by Crippen LogP contribution is -2.19. The van der Waals surface area contributed by atoms with E-state index in [1.807, 2.05) is 103 Å². The summed E-state index contributed by atoms with van der Waals surface area (Å²) in [5.41, 5.74) is 13.0. The molecule has 0 saturated carbocycles. The second kappa shape index (κ2) is 20.3. The van der Waals surface area contributed by atoms with E-state index in [-0.39, 0.29) is 0 Å². The number of hydrogen-bond acceptors (Lipinski definition) is 14. The van der Waals surface area contributed by atoms with Gasteiger partial charge in [-0.05, 0) is 72.9 Å². The van der Waals surface area contributed by atoms with E-state index >= 15 is 0 Å². The molecule has 0 fully saturated rings. The summed E-state index contributed by atoms with van der Waals surface area (Å²) in [6.07, 6.45) is 7.18. The summed E-state index contributed by atoms with van der Waals surface area (Å²) in [5, 5.41) is 11.8. The fourth-order valence-electron chi connectivity index (χ4n) is 5.42. The molecule has 8 rings (SSSR count). The van der Waals surface area contributed by atoms with Crippen molar-refractivity contribution in [2.24, 2.45) is 0 Å². The van der Waals surface area contributed by atoms with Crippen LogP contribution in [0.3, 0.4) is 0 Å². The Kier molecular flexibility index (Phi) is 14.5. The van der Waals surface area contributed by atoms with Crippen molar-refractivity contribution in [3.05, 3.63) is 122 Å². The molecular formula is C42H40N8O4S4. The van der Waals surface area contributed by atoms with E-state index in [1.54, 1.807) is 69.6 Å². The quantitative estimate of drug-likeness (QED) is 0.0385. The monoisotopic (exact) mass is 848 g/mol. The van der Waals surface area contributed by atoms with Gasteiger partial charge in [-0.15, -0.1) is 22.7 Å². The second-order valence-corrected chi connectivity index (χ2v) is 14.8. The molecule has 0 aliphatic carbocycles. The van der Waals surface area contributed by atoms with Gasteiger partial charge in [-0.3, -0.25) is 9.97 Å². The Bertz CT molecular complexity index is 2550. The predicted octanol–water partition coefficient (Wildman–Crippen LogP) is 10.1. The number of nitrogens with two attached hydrogens (primary N) is 1. The number of pyridine rings is 2. The number of aromatic nitrogens is 4. The summed E-state index contributed by atoms with van der Waals surface area (Å²) >= 11 is 12.8. The number of rotatable bonds is 10. The summed E-state index contributed by atoms with van der Waals surface area (Å²) in [4.78, 5) is 17.5. The number of fused-ring (bicyclic) bond motifs is 2. The van der Waals surface area contributed by atoms with E-state index in [1.165, 1.54) is 0 Å². The van der Waals surface area contributed by atoms with Gasteiger partial charge in [-0.2, -0.15) is 12.6 Å². The minimum Gasteiger partial charge on any atom is -0.497 e. The molecule has 0 unspecified atom stereocenters. The fraction of sp³-hybridized carbons (Fsp3) is 0.119. The summed E-state index contributed by atoms with van der Waals surface area (Å²) in [7, 11) is 6.47. The lowest BCUT2D eigenvalue weighted by atomic mass is 10.2. The van der Waals surface area contributed by atoms with E-state index in [0.717, 1.165) is 75.8 Å². The average molecular weight is 849 g/mol. The number of anilines is 4. The van der Waals surface area contributed by atoms with Crippen molar-refractivity contribution in [3.63, 3.8) is 0 Å². The molecule has 0 radical (unpaired) electrons. The molecule has 5 N–H and O–H groups in total. The molecule has 4 aromatic carbocycles. The molecular weight excluding hydrogens is 809 g/mol. The first-order valence-electron chi connectivity index (χ1n) is 17.5. The number of hydrogen-bond donors (Lipinski definition) is 5. The third-order valence-corrected chi connectivity index (χ3v) is 10.7. The number of thiazole rings is 2. The largest absolute Gasteiger partial charge is 0.497 e. The van der Waals surface area contributed by atoms with Crippen molar-refractivity contribution < 1.29 is 18.9 Å². The lowest BCUT2D eigenvalue weighted by molar-refractivity contribution is 0.395. The first kappa shape index (κ1) is 41.4. The third kappa shape index (κ3) is 10.8. The third-order valence-electron chi connectivity index (χ3n) is 8.22. The highest BCUT2D eigenvalue weighted by atomic mass is 32.1. The molecule has 4 aromatic heterocycles. The SMILES string of the molecule is COc1ccc(NC(=S)Nc2cccc(-c3nc4ccncc4s3)c2)c(OC)c1.COc1ccc(NCS)c(OC)c1.Nc1cccc(-c2nc3ccncc3s2)c1. The van der Waals surface area contributed by atoms with Crippen molar-refractivity contribution in [1.29, 1.82) is 0 Å². The molecule has 0 amide bonds. The number of nitrogens with one attached hydrogen (secondary N) is 3. The van der Waals surface area contributed by atoms with E-state index < -0.39 is 0 Å². The van der Waals surface area contributed by atoms with Crippen molar-refractivity contribution >= 4 is 95.8 Å². The fourth-order valence-corrected chi connectivity index (χ4v) is 7.68. The van der Waals surface area contributed by atoms with Crippen LogP contribution in [-0.4, -0.2) is 59.4 Å². The van der Waals surface area contributed by atoms with Crippen LogP contribution in [0.2, 0.25) is 0 Å². The minimum atomic E-state index is 0.458. The Morgan fingerprint density at radius 3 is 1.74 bits per heavy atom. The number of thiol groups is 1. The van der Waals surface area contributed by atoms with Gasteiger partial charge in [0.15, 0.2) is 5.11 Å². The van der Waals surface area contributed by atoms with Crippen LogP contribution >= 0.6 is 47.5 Å². The molecule has 0 aliphatic rings. The molecule has 0 aliphatic heterocycles. The van der Waals surface area contributed by atoms with Crippen LogP contribution in [0.25, 0.3) is 41.6 Å². The number of benzene rings is 4. The van der Waals surface area contributed by atoms with Crippen LogP contribution in [0.1, 0.15) is 0 Å². The first-order valence-corrected chi connectivity index (χ1v) is 20.2. The highest BCUT2D eigenvalue weighted by Crippen LogP contribution is 2.33. The Morgan fingerprint density at radius 2 is 1.21 bits per heavy atom. The maximum Gasteiger partial charge on any atom is 0.175 e. The molecule has 296 valence electrons. The van der Waals surface area contributed by atoms with Crippen LogP contribution in [0, 0.1) is 0 Å². The van der Waals surface area contributed by atoms with E-state index in [9.17, 15) is 0 Å². The van der Waals surface area contributed by atoms with Gasteiger partial charge >= 0.3 is 0 Å². The Hall–Kier alpha value is -6.20.